The van der Waals surface area contributed by atoms with E-state index in [1.807, 2.05) is 12.1 Å². The van der Waals surface area contributed by atoms with Gasteiger partial charge in [0.1, 0.15) is 0 Å². The Bertz CT molecular complexity index is 616. The van der Waals surface area contributed by atoms with Gasteiger partial charge >= 0.3 is 0 Å². The van der Waals surface area contributed by atoms with E-state index in [0.717, 1.165) is 5.02 Å². The first-order chi connectivity index (χ1) is 10.1. The van der Waals surface area contributed by atoms with E-state index in [-0.39, 0.29) is 0 Å². The summed E-state index contributed by atoms with van der Waals surface area (Å²) in [6.45, 7) is 4.39. The average molecular weight is 300 g/mol. The van der Waals surface area contributed by atoms with Gasteiger partial charge in [-0.1, -0.05) is 59.6 Å². The summed E-state index contributed by atoms with van der Waals surface area (Å²) >= 11 is 6.28. The number of benzene rings is 2. The van der Waals surface area contributed by atoms with E-state index < -0.39 is 0 Å². The van der Waals surface area contributed by atoms with Crippen molar-refractivity contribution < 1.29 is 0 Å². The third-order valence-corrected chi connectivity index (χ3v) is 4.86. The minimum atomic E-state index is 0.405. The molecule has 2 aromatic carbocycles. The Labute approximate surface area is 132 Å². The van der Waals surface area contributed by atoms with Crippen molar-refractivity contribution in [1.29, 1.82) is 0 Å². The van der Waals surface area contributed by atoms with Gasteiger partial charge in [0.15, 0.2) is 0 Å². The van der Waals surface area contributed by atoms with E-state index in [1.165, 1.54) is 29.5 Å². The molecular formula is C19H22ClN. The normalized spacial score (nSPS) is 22.6. The van der Waals surface area contributed by atoms with Crippen LogP contribution in [0.4, 0.5) is 0 Å². The Morgan fingerprint density at radius 2 is 1.86 bits per heavy atom. The van der Waals surface area contributed by atoms with Gasteiger partial charge in [-0.2, -0.15) is 0 Å². The maximum Gasteiger partial charge on any atom is 0.0440 e. The second-order valence-electron chi connectivity index (χ2n) is 6.19. The molecule has 1 N–H and O–H groups in total. The van der Waals surface area contributed by atoms with Crippen LogP contribution in [0.3, 0.4) is 0 Å². The van der Waals surface area contributed by atoms with Crippen LogP contribution in [0.15, 0.2) is 48.5 Å². The molecule has 0 unspecified atom stereocenters. The van der Waals surface area contributed by atoms with Crippen molar-refractivity contribution >= 4 is 11.6 Å². The highest BCUT2D eigenvalue weighted by Gasteiger charge is 2.32. The predicted molar refractivity (Wildman–Crippen MR) is 89.9 cm³/mol. The monoisotopic (exact) mass is 299 g/mol. The molecule has 1 saturated carbocycles. The first kappa shape index (κ1) is 14.6. The van der Waals surface area contributed by atoms with Crippen LogP contribution in [0.5, 0.6) is 0 Å². The van der Waals surface area contributed by atoms with Crippen molar-refractivity contribution in [3.8, 4) is 0 Å². The van der Waals surface area contributed by atoms with Crippen LogP contribution in [0.1, 0.15) is 48.4 Å². The predicted octanol–water partition coefficient (Wildman–Crippen LogP) is 5.25. The lowest BCUT2D eigenvalue weighted by molar-refractivity contribution is 0.271. The third kappa shape index (κ3) is 3.30. The summed E-state index contributed by atoms with van der Waals surface area (Å²) in [7, 11) is 0. The van der Waals surface area contributed by atoms with Crippen LogP contribution in [0.25, 0.3) is 0 Å². The van der Waals surface area contributed by atoms with Crippen LogP contribution in [0.2, 0.25) is 5.02 Å². The Morgan fingerprint density at radius 3 is 2.57 bits per heavy atom. The first-order valence-electron chi connectivity index (χ1n) is 7.70. The largest absolute Gasteiger partial charge is 0.307 e. The fourth-order valence-electron chi connectivity index (χ4n) is 3.20. The molecule has 2 heteroatoms. The molecule has 0 heterocycles. The molecule has 0 bridgehead atoms. The van der Waals surface area contributed by atoms with Crippen molar-refractivity contribution in [3.63, 3.8) is 0 Å². The van der Waals surface area contributed by atoms with Gasteiger partial charge < -0.3 is 5.32 Å². The summed E-state index contributed by atoms with van der Waals surface area (Å²) in [6.07, 6.45) is 2.36. The van der Waals surface area contributed by atoms with Crippen molar-refractivity contribution in [3.05, 3.63) is 70.2 Å². The fourth-order valence-corrected chi connectivity index (χ4v) is 3.49. The molecule has 1 atom stereocenters. The number of hydrogen-bond donors (Lipinski definition) is 1. The second kappa shape index (κ2) is 6.21. The fraction of sp³-hybridized carbons (Fsp3) is 0.368. The zero-order chi connectivity index (χ0) is 14.8. The molecule has 1 aliphatic carbocycles. The van der Waals surface area contributed by atoms with E-state index >= 15 is 0 Å². The molecule has 1 aliphatic rings. The van der Waals surface area contributed by atoms with Gasteiger partial charge in [-0.15, -0.1) is 0 Å². The lowest BCUT2D eigenvalue weighted by atomic mass is 9.75. The number of aryl methyl sites for hydroxylation is 1. The number of hydrogen-bond acceptors (Lipinski definition) is 1. The SMILES string of the molecule is Cc1cccc([C@H](C)NC2CC(c3ccccc3Cl)C2)c1. The Balaban J connectivity index is 1.56. The Hall–Kier alpha value is -1.31. The van der Waals surface area contributed by atoms with Gasteiger partial charge in [-0.3, -0.25) is 0 Å². The van der Waals surface area contributed by atoms with Crippen molar-refractivity contribution in [2.45, 2.75) is 44.7 Å². The van der Waals surface area contributed by atoms with E-state index in [9.17, 15) is 0 Å². The highest BCUT2D eigenvalue weighted by atomic mass is 35.5. The summed E-state index contributed by atoms with van der Waals surface area (Å²) in [5, 5.41) is 4.65. The summed E-state index contributed by atoms with van der Waals surface area (Å²) < 4.78 is 0. The van der Waals surface area contributed by atoms with Gasteiger partial charge in [0.25, 0.3) is 0 Å². The Morgan fingerprint density at radius 1 is 1.10 bits per heavy atom. The molecule has 3 rings (SSSR count). The molecule has 0 saturated heterocycles. The van der Waals surface area contributed by atoms with E-state index in [0.29, 0.717) is 18.0 Å². The molecule has 0 radical (unpaired) electrons. The maximum atomic E-state index is 6.28. The standard InChI is InChI=1S/C19H22ClN/c1-13-6-5-7-15(10-13)14(2)21-17-11-16(12-17)18-8-3-4-9-19(18)20/h3-10,14,16-17,21H,11-12H2,1-2H3/t14-,16?,17?/m0/s1. The lowest BCUT2D eigenvalue weighted by Gasteiger charge is -2.38. The van der Waals surface area contributed by atoms with E-state index in [1.54, 1.807) is 0 Å². The number of rotatable bonds is 4. The molecular weight excluding hydrogens is 278 g/mol. The first-order valence-corrected chi connectivity index (χ1v) is 8.08. The van der Waals surface area contributed by atoms with Crippen molar-refractivity contribution in [2.75, 3.05) is 0 Å². The molecule has 0 spiro atoms. The molecule has 21 heavy (non-hydrogen) atoms. The molecule has 1 nitrogen and oxygen atoms in total. The Kier molecular flexibility index (Phi) is 4.32. The van der Waals surface area contributed by atoms with Gasteiger partial charge in [-0.25, -0.2) is 0 Å². The minimum Gasteiger partial charge on any atom is -0.307 e. The molecule has 0 amide bonds. The van der Waals surface area contributed by atoms with Gasteiger partial charge in [0.05, 0.1) is 0 Å². The maximum absolute atomic E-state index is 6.28. The summed E-state index contributed by atoms with van der Waals surface area (Å²) in [6, 6.07) is 18.0. The molecule has 1 fully saturated rings. The summed E-state index contributed by atoms with van der Waals surface area (Å²) in [5.41, 5.74) is 4.00. The smallest absolute Gasteiger partial charge is 0.0440 e. The zero-order valence-electron chi connectivity index (χ0n) is 12.6. The van der Waals surface area contributed by atoms with Crippen LogP contribution in [0, 0.1) is 6.92 Å². The number of nitrogens with one attached hydrogen (secondary N) is 1. The van der Waals surface area contributed by atoms with Crippen LogP contribution >= 0.6 is 11.6 Å². The van der Waals surface area contributed by atoms with Gasteiger partial charge in [-0.05, 0) is 49.8 Å². The average Bonchev–Trinajstić information content (AvgIpc) is 2.43. The molecule has 2 aromatic rings. The highest BCUT2D eigenvalue weighted by Crippen LogP contribution is 2.40. The number of halogens is 1. The lowest BCUT2D eigenvalue weighted by Crippen LogP contribution is -2.41. The minimum absolute atomic E-state index is 0.405. The van der Waals surface area contributed by atoms with Crippen LogP contribution in [-0.2, 0) is 0 Å². The van der Waals surface area contributed by atoms with Crippen LogP contribution < -0.4 is 5.32 Å². The van der Waals surface area contributed by atoms with Crippen LogP contribution in [-0.4, -0.2) is 6.04 Å². The van der Waals surface area contributed by atoms with Gasteiger partial charge in [0, 0.05) is 17.1 Å². The van der Waals surface area contributed by atoms with E-state index in [2.05, 4.69) is 55.6 Å². The quantitative estimate of drug-likeness (QED) is 0.813. The third-order valence-electron chi connectivity index (χ3n) is 4.51. The van der Waals surface area contributed by atoms with Gasteiger partial charge in [0.2, 0.25) is 0 Å². The zero-order valence-corrected chi connectivity index (χ0v) is 13.4. The molecule has 0 aliphatic heterocycles. The summed E-state index contributed by atoms with van der Waals surface area (Å²) in [4.78, 5) is 0. The second-order valence-corrected chi connectivity index (χ2v) is 6.60. The van der Waals surface area contributed by atoms with E-state index in [4.69, 9.17) is 11.6 Å². The molecule has 110 valence electrons. The topological polar surface area (TPSA) is 12.0 Å². The molecule has 0 aromatic heterocycles. The van der Waals surface area contributed by atoms with Crippen molar-refractivity contribution in [2.24, 2.45) is 0 Å². The highest BCUT2D eigenvalue weighted by molar-refractivity contribution is 6.31. The van der Waals surface area contributed by atoms with Crippen molar-refractivity contribution in [1.82, 2.24) is 5.32 Å². The summed E-state index contributed by atoms with van der Waals surface area (Å²) in [5.74, 6) is 0.612.